The van der Waals surface area contributed by atoms with Crippen molar-refractivity contribution < 1.29 is 44.7 Å². The summed E-state index contributed by atoms with van der Waals surface area (Å²) in [6.07, 6.45) is 5.68. The zero-order valence-corrected chi connectivity index (χ0v) is 20.1. The molecule has 1 saturated heterocycles. The molecule has 3 rings (SSSR count). The normalized spacial score (nSPS) is 13.7. The number of hydrogen-bond donors (Lipinski definition) is 7. The molecule has 3 heterocycles. The highest BCUT2D eigenvalue weighted by atomic mass is 16.4. The van der Waals surface area contributed by atoms with Gasteiger partial charge in [0.2, 0.25) is 11.9 Å². The molecule has 0 bridgehead atoms. The van der Waals surface area contributed by atoms with E-state index in [0.717, 1.165) is 12.2 Å². The van der Waals surface area contributed by atoms with Crippen LogP contribution in [0, 0.1) is 0 Å². The number of aliphatic carboxylic acids is 4. The van der Waals surface area contributed by atoms with Crippen LogP contribution in [0.25, 0.3) is 0 Å². The van der Waals surface area contributed by atoms with Crippen molar-refractivity contribution in [3.05, 3.63) is 29.6 Å². The molecule has 16 heteroatoms. The summed E-state index contributed by atoms with van der Waals surface area (Å²) in [6.45, 7) is 3.67. The van der Waals surface area contributed by atoms with Gasteiger partial charge in [-0.3, -0.25) is 9.88 Å². The first-order valence-electron chi connectivity index (χ1n) is 11.1. The van der Waals surface area contributed by atoms with Gasteiger partial charge in [0, 0.05) is 38.4 Å². The zero-order valence-electron chi connectivity index (χ0n) is 20.1. The highest BCUT2D eigenvalue weighted by Crippen LogP contribution is 2.14. The fourth-order valence-corrected chi connectivity index (χ4v) is 3.19. The quantitative estimate of drug-likeness (QED) is 0.216. The molecule has 0 saturated carbocycles. The lowest BCUT2D eigenvalue weighted by atomic mass is 10.1. The summed E-state index contributed by atoms with van der Waals surface area (Å²) in [5, 5.41) is 46.9. The van der Waals surface area contributed by atoms with E-state index in [2.05, 4.69) is 37.4 Å². The maximum atomic E-state index is 10.3. The van der Waals surface area contributed by atoms with E-state index in [9.17, 15) is 5.11 Å². The lowest BCUT2D eigenvalue weighted by Gasteiger charge is -2.26. The number of anilines is 2. The predicted molar refractivity (Wildman–Crippen MR) is 128 cm³/mol. The minimum atomic E-state index is -1.82. The van der Waals surface area contributed by atoms with E-state index in [1.54, 1.807) is 11.7 Å². The number of likely N-dealkylation sites (tertiary alicyclic amines) is 1. The van der Waals surface area contributed by atoms with E-state index in [-0.39, 0.29) is 5.95 Å². The van der Waals surface area contributed by atoms with Crippen LogP contribution >= 0.6 is 0 Å². The fraction of sp³-hybridized carbons (Fsp3) is 0.476. The Bertz CT molecular complexity index is 1010. The molecule has 1 aliphatic heterocycles. The van der Waals surface area contributed by atoms with E-state index in [1.807, 2.05) is 6.20 Å². The number of nitrogens with one attached hydrogen (secondary N) is 1. The first kappa shape index (κ1) is 30.7. The van der Waals surface area contributed by atoms with Crippen molar-refractivity contribution in [1.29, 1.82) is 0 Å². The van der Waals surface area contributed by atoms with Crippen molar-refractivity contribution in [2.24, 2.45) is 7.05 Å². The molecular weight excluding hydrogens is 494 g/mol. The van der Waals surface area contributed by atoms with Crippen LogP contribution in [-0.2, 0) is 39.2 Å². The Hall–Kier alpha value is -4.31. The summed E-state index contributed by atoms with van der Waals surface area (Å²) in [6, 6.07) is 4.16. The van der Waals surface area contributed by atoms with E-state index >= 15 is 0 Å². The Morgan fingerprint density at radius 1 is 1.03 bits per heavy atom. The van der Waals surface area contributed by atoms with Crippen molar-refractivity contribution in [2.45, 2.75) is 38.3 Å². The van der Waals surface area contributed by atoms with Crippen LogP contribution in [0.2, 0.25) is 0 Å². The molecule has 2 aromatic rings. The van der Waals surface area contributed by atoms with Crippen LogP contribution in [0.3, 0.4) is 0 Å². The number of pyridine rings is 1. The van der Waals surface area contributed by atoms with Gasteiger partial charge in [-0.2, -0.15) is 4.98 Å². The summed E-state index contributed by atoms with van der Waals surface area (Å²) in [5.41, 5.74) is 7.70. The molecule has 8 N–H and O–H groups in total. The van der Waals surface area contributed by atoms with Gasteiger partial charge in [-0.05, 0) is 43.6 Å². The number of piperidine rings is 1. The standard InChI is InChI=1S/C17H27N7O.2C2H2O4/c1-23-17(21-16(18)22-23)20-11-15(25)10-14-9-13(5-6-19-14)12-24-7-3-2-4-8-24;2*3-1(4)2(5)6/h5-6,9,15,25H,2-4,7-8,10-12H2,1H3,(H3,18,20,21,22);2*(H,3,4)(H,5,6). The number of rotatable bonds is 7. The maximum absolute atomic E-state index is 10.3. The van der Waals surface area contributed by atoms with Crippen molar-refractivity contribution in [3.63, 3.8) is 0 Å². The van der Waals surface area contributed by atoms with Crippen molar-refractivity contribution in [1.82, 2.24) is 24.6 Å². The third kappa shape index (κ3) is 12.8. The second-order valence-electron chi connectivity index (χ2n) is 7.87. The van der Waals surface area contributed by atoms with Crippen molar-refractivity contribution >= 4 is 35.8 Å². The van der Waals surface area contributed by atoms with Gasteiger partial charge in [-0.15, -0.1) is 5.10 Å². The van der Waals surface area contributed by atoms with E-state index in [1.165, 1.54) is 37.9 Å². The number of carbonyl (C=O) groups is 4. The summed E-state index contributed by atoms with van der Waals surface area (Å²) >= 11 is 0. The average molecular weight is 526 g/mol. The van der Waals surface area contributed by atoms with E-state index in [0.29, 0.717) is 18.9 Å². The molecule has 0 radical (unpaired) electrons. The molecule has 1 aliphatic rings. The number of aryl methyl sites for hydroxylation is 1. The summed E-state index contributed by atoms with van der Waals surface area (Å²) in [7, 11) is 1.75. The van der Waals surface area contributed by atoms with Gasteiger partial charge in [0.1, 0.15) is 0 Å². The van der Waals surface area contributed by atoms with Gasteiger partial charge in [-0.1, -0.05) is 6.42 Å². The molecule has 2 aromatic heterocycles. The van der Waals surface area contributed by atoms with Gasteiger partial charge in [0.25, 0.3) is 0 Å². The van der Waals surface area contributed by atoms with Crippen LogP contribution in [0.4, 0.5) is 11.9 Å². The SMILES string of the molecule is Cn1nc(N)nc1NCC(O)Cc1cc(CN2CCCCC2)ccn1.O=C(O)C(=O)O.O=C(O)C(=O)O. The van der Waals surface area contributed by atoms with Crippen LogP contribution in [0.15, 0.2) is 18.3 Å². The number of nitrogens with two attached hydrogens (primary N) is 1. The van der Waals surface area contributed by atoms with Crippen molar-refractivity contribution in [3.8, 4) is 0 Å². The number of nitrogen functional groups attached to an aromatic ring is 1. The average Bonchev–Trinajstić information content (AvgIpc) is 3.16. The molecule has 0 aromatic carbocycles. The Balaban J connectivity index is 0.000000476. The van der Waals surface area contributed by atoms with Crippen LogP contribution in [0.1, 0.15) is 30.5 Å². The third-order valence-electron chi connectivity index (χ3n) is 4.82. The molecule has 1 unspecified atom stereocenters. The number of aliphatic hydroxyl groups is 1. The number of hydrogen-bond acceptors (Lipinski definition) is 11. The summed E-state index contributed by atoms with van der Waals surface area (Å²) < 4.78 is 1.56. The lowest BCUT2D eigenvalue weighted by Crippen LogP contribution is -2.29. The van der Waals surface area contributed by atoms with Gasteiger partial charge in [0.05, 0.1) is 6.10 Å². The topological polar surface area (TPSA) is 254 Å². The second-order valence-corrected chi connectivity index (χ2v) is 7.87. The highest BCUT2D eigenvalue weighted by molar-refractivity contribution is 6.27. The maximum Gasteiger partial charge on any atom is 0.414 e. The Morgan fingerprint density at radius 2 is 1.59 bits per heavy atom. The monoisotopic (exact) mass is 525 g/mol. The van der Waals surface area contributed by atoms with Gasteiger partial charge < -0.3 is 36.6 Å². The molecule has 37 heavy (non-hydrogen) atoms. The number of carboxylic acid groups (broad SMARTS) is 4. The molecular formula is C21H31N7O9. The zero-order chi connectivity index (χ0) is 28.0. The molecule has 1 fully saturated rings. The first-order valence-corrected chi connectivity index (χ1v) is 11.1. The number of carboxylic acids is 4. The van der Waals surface area contributed by atoms with Crippen LogP contribution in [-0.4, -0.2) is 99.8 Å². The van der Waals surface area contributed by atoms with Crippen LogP contribution in [0.5, 0.6) is 0 Å². The van der Waals surface area contributed by atoms with Gasteiger partial charge in [-0.25, -0.2) is 23.9 Å². The summed E-state index contributed by atoms with van der Waals surface area (Å²) in [5.74, 6) is -6.54. The predicted octanol–water partition coefficient (Wildman–Crippen LogP) is -0.895. The van der Waals surface area contributed by atoms with Crippen LogP contribution < -0.4 is 11.1 Å². The minimum absolute atomic E-state index is 0.214. The van der Waals surface area contributed by atoms with Gasteiger partial charge >= 0.3 is 23.9 Å². The third-order valence-corrected chi connectivity index (χ3v) is 4.82. The van der Waals surface area contributed by atoms with Crippen molar-refractivity contribution in [2.75, 3.05) is 30.7 Å². The minimum Gasteiger partial charge on any atom is -0.473 e. The fourth-order valence-electron chi connectivity index (χ4n) is 3.19. The second kappa shape index (κ2) is 15.6. The molecule has 0 amide bonds. The van der Waals surface area contributed by atoms with Gasteiger partial charge in [0.15, 0.2) is 0 Å². The summed E-state index contributed by atoms with van der Waals surface area (Å²) in [4.78, 5) is 47.3. The number of aliphatic hydroxyl groups excluding tert-OH is 1. The first-order chi connectivity index (χ1) is 17.4. The molecule has 0 aliphatic carbocycles. The number of aromatic nitrogens is 4. The lowest BCUT2D eigenvalue weighted by molar-refractivity contribution is -0.159. The smallest absolute Gasteiger partial charge is 0.414 e. The Morgan fingerprint density at radius 3 is 2.08 bits per heavy atom. The van der Waals surface area contributed by atoms with E-state index in [4.69, 9.17) is 45.3 Å². The van der Waals surface area contributed by atoms with E-state index < -0.39 is 30.0 Å². The molecule has 0 spiro atoms. The number of nitrogens with zero attached hydrogens (tertiary/aromatic N) is 5. The largest absolute Gasteiger partial charge is 0.473 e. The molecule has 16 nitrogen and oxygen atoms in total. The molecule has 204 valence electrons. The Kier molecular flexibility index (Phi) is 13.0. The highest BCUT2D eigenvalue weighted by Gasteiger charge is 2.13. The Labute approximate surface area is 211 Å². The molecule has 1 atom stereocenters.